The van der Waals surface area contributed by atoms with Gasteiger partial charge in [0.2, 0.25) is 0 Å². The molecule has 3 nitrogen and oxygen atoms in total. The van der Waals surface area contributed by atoms with Crippen molar-refractivity contribution in [3.63, 3.8) is 0 Å². The number of hydrogen-bond donors (Lipinski definition) is 2. The molecule has 3 heteroatoms. The van der Waals surface area contributed by atoms with Crippen molar-refractivity contribution >= 4 is 5.94 Å². The molecule has 0 aromatic carbocycles. The zero-order chi connectivity index (χ0) is 8.81. The van der Waals surface area contributed by atoms with Gasteiger partial charge in [0.1, 0.15) is 5.94 Å². The van der Waals surface area contributed by atoms with Gasteiger partial charge in [-0.25, -0.2) is 4.79 Å². The van der Waals surface area contributed by atoms with E-state index in [1.54, 1.807) is 6.08 Å². The monoisotopic (exact) mass is 164 g/mol. The zero-order valence-corrected chi connectivity index (χ0v) is 7.00. The van der Waals surface area contributed by atoms with Crippen molar-refractivity contribution in [3.8, 4) is 0 Å². The molecule has 0 radical (unpaired) electrons. The summed E-state index contributed by atoms with van der Waals surface area (Å²) in [6.07, 6.45) is 7.43. The maximum absolute atomic E-state index is 10.4. The molecule has 0 aromatic heterocycles. The van der Waals surface area contributed by atoms with Crippen LogP contribution in [0.1, 0.15) is 0 Å². The Morgan fingerprint density at radius 2 is 2.42 bits per heavy atom. The van der Waals surface area contributed by atoms with Crippen LogP contribution in [0.15, 0.2) is 29.9 Å². The average Bonchev–Trinajstić information content (AvgIpc) is 2.15. The number of allylic oxidation sites excluding steroid dienone is 2. The van der Waals surface area contributed by atoms with Crippen LogP contribution in [0.5, 0.6) is 0 Å². The van der Waals surface area contributed by atoms with Gasteiger partial charge in [-0.3, -0.25) is 5.32 Å². The minimum Gasteiger partial charge on any atom is -0.308 e. The van der Waals surface area contributed by atoms with Gasteiger partial charge in [0.15, 0.2) is 0 Å². The second-order valence-electron chi connectivity index (χ2n) is 2.51. The van der Waals surface area contributed by atoms with Crippen LogP contribution in [0, 0.1) is 0 Å². The van der Waals surface area contributed by atoms with Crippen LogP contribution in [0.2, 0.25) is 0 Å². The van der Waals surface area contributed by atoms with Crippen molar-refractivity contribution in [2.75, 3.05) is 13.7 Å². The van der Waals surface area contributed by atoms with Crippen LogP contribution in [0.4, 0.5) is 0 Å². The third-order valence-electron chi connectivity index (χ3n) is 1.64. The van der Waals surface area contributed by atoms with Gasteiger partial charge in [0, 0.05) is 6.67 Å². The van der Waals surface area contributed by atoms with Gasteiger partial charge in [0.05, 0.1) is 11.6 Å². The molecule has 2 N–H and O–H groups in total. The number of rotatable bonds is 3. The molecule has 0 fully saturated rings. The van der Waals surface area contributed by atoms with E-state index in [0.717, 1.165) is 0 Å². The first-order chi connectivity index (χ1) is 5.88. The summed E-state index contributed by atoms with van der Waals surface area (Å²) in [5.74, 6) is 1.90. The van der Waals surface area contributed by atoms with Crippen molar-refractivity contribution in [1.29, 1.82) is 0 Å². The molecule has 1 aliphatic carbocycles. The van der Waals surface area contributed by atoms with E-state index >= 15 is 0 Å². The molecule has 12 heavy (non-hydrogen) atoms. The first kappa shape index (κ1) is 8.94. The normalized spacial score (nSPS) is 21.1. The Bertz CT molecular complexity index is 249. The smallest absolute Gasteiger partial charge is 0.129 e. The Balaban J connectivity index is 2.57. The van der Waals surface area contributed by atoms with Crippen molar-refractivity contribution < 1.29 is 4.79 Å². The standard InChI is InChI=1S/C9H12N2O/c1-10-7-11-9-5-3-2-4-8(9)6-12/h2-5,9-11H,7H2,1H3. The molecule has 1 aliphatic rings. The lowest BCUT2D eigenvalue weighted by Gasteiger charge is -2.15. The van der Waals surface area contributed by atoms with Crippen LogP contribution in [0.25, 0.3) is 0 Å². The van der Waals surface area contributed by atoms with Gasteiger partial charge in [0.25, 0.3) is 0 Å². The summed E-state index contributed by atoms with van der Waals surface area (Å²) in [4.78, 5) is 10.4. The van der Waals surface area contributed by atoms with Crippen LogP contribution < -0.4 is 10.6 Å². The fraction of sp³-hybridized carbons (Fsp3) is 0.333. The summed E-state index contributed by atoms with van der Waals surface area (Å²) in [7, 11) is 1.85. The van der Waals surface area contributed by atoms with Crippen LogP contribution in [0.3, 0.4) is 0 Å². The molecular formula is C9H12N2O. The summed E-state index contributed by atoms with van der Waals surface area (Å²) < 4.78 is 0. The molecule has 0 heterocycles. The average molecular weight is 164 g/mol. The van der Waals surface area contributed by atoms with E-state index in [-0.39, 0.29) is 6.04 Å². The minimum atomic E-state index is -0.0000463. The van der Waals surface area contributed by atoms with Crippen molar-refractivity contribution in [3.05, 3.63) is 29.9 Å². The first-order valence-electron chi connectivity index (χ1n) is 3.86. The molecule has 0 aromatic rings. The molecule has 0 aliphatic heterocycles. The minimum absolute atomic E-state index is 0.0000463. The van der Waals surface area contributed by atoms with E-state index in [1.807, 2.05) is 31.2 Å². The highest BCUT2D eigenvalue weighted by Gasteiger charge is 2.09. The second-order valence-corrected chi connectivity index (χ2v) is 2.51. The second kappa shape index (κ2) is 4.67. The summed E-state index contributed by atoms with van der Waals surface area (Å²) in [5, 5.41) is 6.07. The molecule has 0 saturated heterocycles. The summed E-state index contributed by atoms with van der Waals surface area (Å²) in [5.41, 5.74) is 0.646. The summed E-state index contributed by atoms with van der Waals surface area (Å²) in [6.45, 7) is 0.675. The van der Waals surface area contributed by atoms with Crippen molar-refractivity contribution in [2.24, 2.45) is 0 Å². The Labute approximate surface area is 71.8 Å². The molecule has 0 bridgehead atoms. The van der Waals surface area contributed by atoms with E-state index in [4.69, 9.17) is 0 Å². The SMILES string of the molecule is CNCNC1C=CC=CC1=C=O. The fourth-order valence-corrected chi connectivity index (χ4v) is 1.03. The number of nitrogens with one attached hydrogen (secondary N) is 2. The Morgan fingerprint density at radius 1 is 1.58 bits per heavy atom. The van der Waals surface area contributed by atoms with Gasteiger partial charge < -0.3 is 5.32 Å². The molecule has 0 spiro atoms. The quantitative estimate of drug-likeness (QED) is 0.456. The Kier molecular flexibility index (Phi) is 3.48. The van der Waals surface area contributed by atoms with Gasteiger partial charge >= 0.3 is 0 Å². The van der Waals surface area contributed by atoms with Gasteiger partial charge in [-0.2, -0.15) is 0 Å². The lowest BCUT2D eigenvalue weighted by Crippen LogP contribution is -2.36. The largest absolute Gasteiger partial charge is 0.308 e. The third kappa shape index (κ3) is 2.17. The summed E-state index contributed by atoms with van der Waals surface area (Å²) in [6, 6.07) is -0.0000463. The van der Waals surface area contributed by atoms with E-state index in [2.05, 4.69) is 10.6 Å². The zero-order valence-electron chi connectivity index (χ0n) is 7.00. The van der Waals surface area contributed by atoms with Crippen molar-refractivity contribution in [1.82, 2.24) is 10.6 Å². The predicted octanol–water partition coefficient (Wildman–Crippen LogP) is 0.00550. The number of hydrogen-bond acceptors (Lipinski definition) is 3. The highest BCUT2D eigenvalue weighted by atomic mass is 16.1. The fourth-order valence-electron chi connectivity index (χ4n) is 1.03. The van der Waals surface area contributed by atoms with Crippen LogP contribution in [-0.2, 0) is 4.79 Å². The molecule has 0 saturated carbocycles. The third-order valence-corrected chi connectivity index (χ3v) is 1.64. The van der Waals surface area contributed by atoms with Gasteiger partial charge in [-0.05, 0) is 13.1 Å². The lowest BCUT2D eigenvalue weighted by molar-refractivity contribution is 0.560. The predicted molar refractivity (Wildman–Crippen MR) is 48.3 cm³/mol. The lowest BCUT2D eigenvalue weighted by atomic mass is 10.0. The van der Waals surface area contributed by atoms with E-state index < -0.39 is 0 Å². The first-order valence-corrected chi connectivity index (χ1v) is 3.86. The molecule has 1 rings (SSSR count). The van der Waals surface area contributed by atoms with E-state index in [0.29, 0.717) is 12.2 Å². The topological polar surface area (TPSA) is 41.1 Å². The Hall–Kier alpha value is -1.15. The van der Waals surface area contributed by atoms with Crippen LogP contribution >= 0.6 is 0 Å². The molecular weight excluding hydrogens is 152 g/mol. The maximum Gasteiger partial charge on any atom is 0.129 e. The van der Waals surface area contributed by atoms with Crippen molar-refractivity contribution in [2.45, 2.75) is 6.04 Å². The Morgan fingerprint density at radius 3 is 3.08 bits per heavy atom. The molecule has 1 atom stereocenters. The molecule has 1 unspecified atom stereocenters. The highest BCUT2D eigenvalue weighted by Crippen LogP contribution is 2.07. The molecule has 64 valence electrons. The highest BCUT2D eigenvalue weighted by molar-refractivity contribution is 5.62. The van der Waals surface area contributed by atoms with E-state index in [9.17, 15) is 4.79 Å². The van der Waals surface area contributed by atoms with E-state index in [1.165, 1.54) is 0 Å². The maximum atomic E-state index is 10.4. The van der Waals surface area contributed by atoms with Gasteiger partial charge in [-0.15, -0.1) is 0 Å². The number of carbonyl (C=O) groups excluding carboxylic acids is 1. The summed E-state index contributed by atoms with van der Waals surface area (Å²) >= 11 is 0. The molecule has 0 amide bonds. The van der Waals surface area contributed by atoms with Crippen LogP contribution in [-0.4, -0.2) is 25.7 Å². The van der Waals surface area contributed by atoms with Gasteiger partial charge in [-0.1, -0.05) is 18.2 Å².